The number of rotatable bonds is 8. The first-order valence-electron chi connectivity index (χ1n) is 6.56. The quantitative estimate of drug-likeness (QED) is 0.541. The van der Waals surface area contributed by atoms with E-state index in [0.717, 1.165) is 36.6 Å². The minimum absolute atomic E-state index is 0.261. The number of nitrogens with zero attached hydrogens (tertiary/aromatic N) is 3. The lowest BCUT2D eigenvalue weighted by atomic mass is 9.95. The summed E-state index contributed by atoms with van der Waals surface area (Å²) in [6.07, 6.45) is 5.65. The Morgan fingerprint density at radius 2 is 2.42 bits per heavy atom. The summed E-state index contributed by atoms with van der Waals surface area (Å²) < 4.78 is 1.89. The molecule has 3 N–H and O–H groups in total. The number of hydrogen-bond acceptors (Lipinski definition) is 5. The summed E-state index contributed by atoms with van der Waals surface area (Å²) in [7, 11) is 1.92. The second kappa shape index (κ2) is 5.92. The fraction of sp³-hybridized carbons (Fsp3) is 0.750. The highest BCUT2D eigenvalue weighted by Crippen LogP contribution is 2.25. The van der Waals surface area contributed by atoms with E-state index in [9.17, 15) is 4.79 Å². The monoisotopic (exact) mass is 283 g/mol. The third-order valence-electron chi connectivity index (χ3n) is 3.37. The maximum atomic E-state index is 11.6. The van der Waals surface area contributed by atoms with Crippen LogP contribution in [0.15, 0.2) is 11.5 Å². The highest BCUT2D eigenvalue weighted by Gasteiger charge is 2.36. The van der Waals surface area contributed by atoms with Crippen LogP contribution in [0.2, 0.25) is 0 Å². The van der Waals surface area contributed by atoms with Crippen LogP contribution in [0.5, 0.6) is 0 Å². The van der Waals surface area contributed by atoms with Crippen molar-refractivity contribution in [3.05, 3.63) is 6.33 Å². The molecule has 6 nitrogen and oxygen atoms in total. The predicted octanol–water partition coefficient (Wildman–Crippen LogP) is 0.683. The second-order valence-corrected chi connectivity index (χ2v) is 6.35. The number of thioether (sulfide) groups is 1. The smallest absolute Gasteiger partial charge is 0.237 e. The average Bonchev–Trinajstić information content (AvgIpc) is 3.06. The predicted molar refractivity (Wildman–Crippen MR) is 74.7 cm³/mol. The molecule has 1 fully saturated rings. The normalized spacial score (nSPS) is 18.2. The Hall–Kier alpha value is -1.08. The number of nitrogens with two attached hydrogens (primary N) is 1. The molecule has 1 aromatic rings. The van der Waals surface area contributed by atoms with Gasteiger partial charge in [0.25, 0.3) is 0 Å². The van der Waals surface area contributed by atoms with Gasteiger partial charge in [-0.2, -0.15) is 0 Å². The van der Waals surface area contributed by atoms with Crippen molar-refractivity contribution in [1.29, 1.82) is 0 Å². The SMILES string of the molecule is Cn1cnnc1SCCCC(C)(NC1CC1)C(N)=O. The summed E-state index contributed by atoms with van der Waals surface area (Å²) in [5.41, 5.74) is 4.93. The van der Waals surface area contributed by atoms with Gasteiger partial charge in [0.1, 0.15) is 6.33 Å². The van der Waals surface area contributed by atoms with Crippen molar-refractivity contribution in [2.45, 2.75) is 49.3 Å². The molecule has 0 spiro atoms. The molecule has 106 valence electrons. The van der Waals surface area contributed by atoms with E-state index < -0.39 is 5.54 Å². The summed E-state index contributed by atoms with van der Waals surface area (Å²) in [6, 6.07) is 0.476. The molecule has 0 aromatic carbocycles. The Morgan fingerprint density at radius 3 is 2.95 bits per heavy atom. The molecule has 0 aliphatic heterocycles. The maximum Gasteiger partial charge on any atom is 0.237 e. The summed E-state index contributed by atoms with van der Waals surface area (Å²) >= 11 is 1.65. The van der Waals surface area contributed by atoms with Crippen molar-refractivity contribution >= 4 is 17.7 Å². The number of carbonyl (C=O) groups excluding carboxylic acids is 1. The number of primary amides is 1. The van der Waals surface area contributed by atoms with Crippen LogP contribution in [0.1, 0.15) is 32.6 Å². The number of aromatic nitrogens is 3. The van der Waals surface area contributed by atoms with Crippen LogP contribution in [0.4, 0.5) is 0 Å². The Balaban J connectivity index is 1.76. The Labute approximate surface area is 117 Å². The van der Waals surface area contributed by atoms with Gasteiger partial charge in [0.15, 0.2) is 5.16 Å². The molecule has 1 atom stereocenters. The standard InChI is InChI=1S/C12H21N5OS/c1-12(10(13)18,15-9-4-5-9)6-3-7-19-11-16-14-8-17(11)2/h8-9,15H,3-7H2,1-2H3,(H2,13,18). The highest BCUT2D eigenvalue weighted by molar-refractivity contribution is 7.99. The third-order valence-corrected chi connectivity index (χ3v) is 4.49. The van der Waals surface area contributed by atoms with Gasteiger partial charge >= 0.3 is 0 Å². The summed E-state index contributed by atoms with van der Waals surface area (Å²) in [5, 5.41) is 12.1. The van der Waals surface area contributed by atoms with Gasteiger partial charge in [-0.1, -0.05) is 11.8 Å². The molecule has 0 bridgehead atoms. The van der Waals surface area contributed by atoms with Gasteiger partial charge in [-0.05, 0) is 32.6 Å². The van der Waals surface area contributed by atoms with Gasteiger partial charge in [-0.15, -0.1) is 10.2 Å². The lowest BCUT2D eigenvalue weighted by Gasteiger charge is -2.27. The molecule has 1 heterocycles. The van der Waals surface area contributed by atoms with Crippen molar-refractivity contribution in [3.8, 4) is 0 Å². The van der Waals surface area contributed by atoms with E-state index in [1.807, 2.05) is 18.5 Å². The zero-order chi connectivity index (χ0) is 13.9. The van der Waals surface area contributed by atoms with Crippen molar-refractivity contribution in [2.24, 2.45) is 12.8 Å². The Kier molecular flexibility index (Phi) is 4.46. The van der Waals surface area contributed by atoms with E-state index in [1.165, 1.54) is 0 Å². The van der Waals surface area contributed by atoms with E-state index in [1.54, 1.807) is 18.1 Å². The fourth-order valence-electron chi connectivity index (χ4n) is 1.94. The van der Waals surface area contributed by atoms with E-state index in [4.69, 9.17) is 5.73 Å². The lowest BCUT2D eigenvalue weighted by molar-refractivity contribution is -0.124. The van der Waals surface area contributed by atoms with Gasteiger partial charge in [0.2, 0.25) is 5.91 Å². The molecule has 7 heteroatoms. The molecule has 0 radical (unpaired) electrons. The molecular weight excluding hydrogens is 262 g/mol. The summed E-state index contributed by atoms with van der Waals surface area (Å²) in [6.45, 7) is 1.90. The molecular formula is C12H21N5OS. The molecule has 1 aliphatic carbocycles. The van der Waals surface area contributed by atoms with Crippen LogP contribution in [0.3, 0.4) is 0 Å². The average molecular weight is 283 g/mol. The first-order valence-corrected chi connectivity index (χ1v) is 7.54. The highest BCUT2D eigenvalue weighted by atomic mass is 32.2. The fourth-order valence-corrected chi connectivity index (χ4v) is 2.76. The molecule has 1 saturated carbocycles. The molecule has 1 unspecified atom stereocenters. The number of aryl methyl sites for hydroxylation is 1. The topological polar surface area (TPSA) is 85.8 Å². The minimum atomic E-state index is -0.582. The number of hydrogen-bond donors (Lipinski definition) is 2. The van der Waals surface area contributed by atoms with Crippen LogP contribution in [-0.4, -0.2) is 38.0 Å². The molecule has 0 saturated heterocycles. The van der Waals surface area contributed by atoms with Crippen LogP contribution >= 0.6 is 11.8 Å². The van der Waals surface area contributed by atoms with Crippen LogP contribution in [-0.2, 0) is 11.8 Å². The van der Waals surface area contributed by atoms with Crippen molar-refractivity contribution < 1.29 is 4.79 Å². The van der Waals surface area contributed by atoms with Crippen molar-refractivity contribution in [2.75, 3.05) is 5.75 Å². The zero-order valence-electron chi connectivity index (χ0n) is 11.4. The van der Waals surface area contributed by atoms with Crippen molar-refractivity contribution in [1.82, 2.24) is 20.1 Å². The van der Waals surface area contributed by atoms with Gasteiger partial charge in [-0.3, -0.25) is 4.79 Å². The Bertz CT molecular complexity index is 445. The van der Waals surface area contributed by atoms with E-state index in [-0.39, 0.29) is 5.91 Å². The zero-order valence-corrected chi connectivity index (χ0v) is 12.2. The number of nitrogens with one attached hydrogen (secondary N) is 1. The minimum Gasteiger partial charge on any atom is -0.368 e. The van der Waals surface area contributed by atoms with Crippen LogP contribution < -0.4 is 11.1 Å². The first kappa shape index (κ1) is 14.3. The Morgan fingerprint density at radius 1 is 1.68 bits per heavy atom. The molecule has 1 aliphatic rings. The molecule has 1 amide bonds. The lowest BCUT2D eigenvalue weighted by Crippen LogP contribution is -2.54. The van der Waals surface area contributed by atoms with E-state index in [2.05, 4.69) is 15.5 Å². The number of amides is 1. The van der Waals surface area contributed by atoms with Gasteiger partial charge in [-0.25, -0.2) is 0 Å². The number of carbonyl (C=O) groups is 1. The second-order valence-electron chi connectivity index (χ2n) is 5.29. The first-order chi connectivity index (χ1) is 9.01. The van der Waals surface area contributed by atoms with Crippen molar-refractivity contribution in [3.63, 3.8) is 0 Å². The summed E-state index contributed by atoms with van der Waals surface area (Å²) in [4.78, 5) is 11.6. The third kappa shape index (κ3) is 3.94. The van der Waals surface area contributed by atoms with E-state index in [0.29, 0.717) is 6.04 Å². The molecule has 2 rings (SSSR count). The van der Waals surface area contributed by atoms with E-state index >= 15 is 0 Å². The molecule has 19 heavy (non-hydrogen) atoms. The summed E-state index contributed by atoms with van der Waals surface area (Å²) in [5.74, 6) is 0.643. The van der Waals surface area contributed by atoms with Gasteiger partial charge in [0.05, 0.1) is 5.54 Å². The van der Waals surface area contributed by atoms with Gasteiger partial charge < -0.3 is 15.6 Å². The largest absolute Gasteiger partial charge is 0.368 e. The maximum absolute atomic E-state index is 11.6. The van der Waals surface area contributed by atoms with Crippen LogP contribution in [0, 0.1) is 0 Å². The van der Waals surface area contributed by atoms with Gasteiger partial charge in [0, 0.05) is 18.8 Å². The molecule has 1 aromatic heterocycles. The van der Waals surface area contributed by atoms with Crippen LogP contribution in [0.25, 0.3) is 0 Å².